The number of hydrogen-bond donors (Lipinski definition) is 1. The molecule has 0 spiro atoms. The van der Waals surface area contributed by atoms with Crippen molar-refractivity contribution in [2.75, 3.05) is 33.4 Å². The Morgan fingerprint density at radius 3 is 2.95 bits per heavy atom. The molecule has 1 aromatic heterocycles. The average molecular weight is 280 g/mol. The monoisotopic (exact) mass is 280 g/mol. The fraction of sp³-hybridized carbons (Fsp3) is 0.625. The minimum Gasteiger partial charge on any atom is -0.468 e. The third-order valence-electron chi connectivity index (χ3n) is 3.07. The Bertz CT molecular complexity index is 374. The molecule has 4 nitrogen and oxygen atoms in total. The van der Waals surface area contributed by atoms with Crippen LogP contribution in [0, 0.1) is 5.92 Å². The van der Waals surface area contributed by atoms with E-state index in [-0.39, 0.29) is 0 Å². The summed E-state index contributed by atoms with van der Waals surface area (Å²) in [5.74, 6) is 1.67. The molecule has 1 heterocycles. The van der Waals surface area contributed by atoms with E-state index in [9.17, 15) is 0 Å². The lowest BCUT2D eigenvalue weighted by Gasteiger charge is -2.20. The van der Waals surface area contributed by atoms with Gasteiger partial charge in [0, 0.05) is 32.3 Å². The SMILES string of the molecule is C=CCN(CCOC)Cc1ccoc1CNCC(C)C. The van der Waals surface area contributed by atoms with E-state index < -0.39 is 0 Å². The van der Waals surface area contributed by atoms with Gasteiger partial charge in [0.1, 0.15) is 5.76 Å². The van der Waals surface area contributed by atoms with Crippen molar-refractivity contribution in [3.05, 3.63) is 36.3 Å². The number of methoxy groups -OCH3 is 1. The van der Waals surface area contributed by atoms with Gasteiger partial charge in [0.15, 0.2) is 0 Å². The molecular formula is C16H28N2O2. The molecule has 20 heavy (non-hydrogen) atoms. The fourth-order valence-electron chi connectivity index (χ4n) is 2.02. The summed E-state index contributed by atoms with van der Waals surface area (Å²) in [6.07, 6.45) is 3.69. The molecule has 114 valence electrons. The minimum atomic E-state index is 0.646. The molecule has 0 aliphatic rings. The van der Waals surface area contributed by atoms with Gasteiger partial charge < -0.3 is 14.5 Å². The predicted molar refractivity (Wildman–Crippen MR) is 82.6 cm³/mol. The topological polar surface area (TPSA) is 37.6 Å². The maximum Gasteiger partial charge on any atom is 0.122 e. The van der Waals surface area contributed by atoms with Gasteiger partial charge in [-0.2, -0.15) is 0 Å². The lowest BCUT2D eigenvalue weighted by atomic mass is 10.2. The zero-order chi connectivity index (χ0) is 14.8. The second kappa shape index (κ2) is 9.75. The van der Waals surface area contributed by atoms with Crippen molar-refractivity contribution in [2.24, 2.45) is 5.92 Å². The van der Waals surface area contributed by atoms with Crippen LogP contribution in [0.2, 0.25) is 0 Å². The molecule has 1 rings (SSSR count). The Morgan fingerprint density at radius 2 is 2.30 bits per heavy atom. The van der Waals surface area contributed by atoms with Crippen molar-refractivity contribution >= 4 is 0 Å². The second-order valence-electron chi connectivity index (χ2n) is 5.41. The van der Waals surface area contributed by atoms with Crippen molar-refractivity contribution in [1.29, 1.82) is 0 Å². The van der Waals surface area contributed by atoms with Crippen LogP contribution in [0.1, 0.15) is 25.2 Å². The number of nitrogens with one attached hydrogen (secondary N) is 1. The highest BCUT2D eigenvalue weighted by molar-refractivity contribution is 5.17. The maximum absolute atomic E-state index is 5.58. The molecule has 0 saturated heterocycles. The van der Waals surface area contributed by atoms with Gasteiger partial charge in [-0.15, -0.1) is 6.58 Å². The largest absolute Gasteiger partial charge is 0.468 e. The smallest absolute Gasteiger partial charge is 0.122 e. The van der Waals surface area contributed by atoms with Crippen molar-refractivity contribution < 1.29 is 9.15 Å². The second-order valence-corrected chi connectivity index (χ2v) is 5.41. The molecule has 0 saturated carbocycles. The molecule has 0 unspecified atom stereocenters. The van der Waals surface area contributed by atoms with Crippen molar-refractivity contribution in [1.82, 2.24) is 10.2 Å². The van der Waals surface area contributed by atoms with Crippen molar-refractivity contribution in [2.45, 2.75) is 26.9 Å². The zero-order valence-corrected chi connectivity index (χ0v) is 13.0. The normalized spacial score (nSPS) is 11.4. The van der Waals surface area contributed by atoms with E-state index in [2.05, 4.69) is 36.7 Å². The quantitative estimate of drug-likeness (QED) is 0.632. The molecule has 1 aromatic rings. The van der Waals surface area contributed by atoms with Crippen LogP contribution in [0.25, 0.3) is 0 Å². The van der Waals surface area contributed by atoms with Crippen molar-refractivity contribution in [3.63, 3.8) is 0 Å². The van der Waals surface area contributed by atoms with Crippen LogP contribution in [0.4, 0.5) is 0 Å². The van der Waals surface area contributed by atoms with Crippen LogP contribution in [-0.2, 0) is 17.8 Å². The molecule has 0 radical (unpaired) electrons. The molecule has 0 aliphatic carbocycles. The van der Waals surface area contributed by atoms with Gasteiger partial charge in [0.25, 0.3) is 0 Å². The average Bonchev–Trinajstić information content (AvgIpc) is 2.83. The van der Waals surface area contributed by atoms with Gasteiger partial charge in [0.05, 0.1) is 19.4 Å². The van der Waals surface area contributed by atoms with E-state index >= 15 is 0 Å². The molecule has 1 N–H and O–H groups in total. The number of ether oxygens (including phenoxy) is 1. The first kappa shape index (κ1) is 17.0. The Kier molecular flexibility index (Phi) is 8.26. The van der Waals surface area contributed by atoms with E-state index in [4.69, 9.17) is 9.15 Å². The molecule has 0 atom stereocenters. The van der Waals surface area contributed by atoms with Gasteiger partial charge in [0.2, 0.25) is 0 Å². The summed E-state index contributed by atoms with van der Waals surface area (Å²) >= 11 is 0. The van der Waals surface area contributed by atoms with Crippen LogP contribution >= 0.6 is 0 Å². The number of rotatable bonds is 11. The summed E-state index contributed by atoms with van der Waals surface area (Å²) in [6, 6.07) is 2.05. The first-order valence-electron chi connectivity index (χ1n) is 7.25. The van der Waals surface area contributed by atoms with E-state index in [1.807, 2.05) is 6.08 Å². The van der Waals surface area contributed by atoms with Gasteiger partial charge in [-0.05, 0) is 18.5 Å². The van der Waals surface area contributed by atoms with E-state index in [0.717, 1.165) is 45.1 Å². The van der Waals surface area contributed by atoms with E-state index in [0.29, 0.717) is 5.92 Å². The van der Waals surface area contributed by atoms with E-state index in [1.54, 1.807) is 13.4 Å². The van der Waals surface area contributed by atoms with Crippen LogP contribution in [0.5, 0.6) is 0 Å². The predicted octanol–water partition coefficient (Wildman–Crippen LogP) is 2.66. The van der Waals surface area contributed by atoms with Crippen LogP contribution in [-0.4, -0.2) is 38.3 Å². The van der Waals surface area contributed by atoms with Gasteiger partial charge in [-0.25, -0.2) is 0 Å². The highest BCUT2D eigenvalue weighted by atomic mass is 16.5. The lowest BCUT2D eigenvalue weighted by molar-refractivity contribution is 0.150. The lowest BCUT2D eigenvalue weighted by Crippen LogP contribution is -2.28. The summed E-state index contributed by atoms with van der Waals surface area (Å²) < 4.78 is 10.7. The van der Waals surface area contributed by atoms with Gasteiger partial charge in [-0.1, -0.05) is 19.9 Å². The number of hydrogen-bond acceptors (Lipinski definition) is 4. The van der Waals surface area contributed by atoms with Crippen LogP contribution in [0.15, 0.2) is 29.4 Å². The summed E-state index contributed by atoms with van der Waals surface area (Å²) in [5.41, 5.74) is 1.24. The highest BCUT2D eigenvalue weighted by Crippen LogP contribution is 2.13. The number of nitrogens with zero attached hydrogens (tertiary/aromatic N) is 1. The zero-order valence-electron chi connectivity index (χ0n) is 13.0. The Hall–Kier alpha value is -1.10. The third-order valence-corrected chi connectivity index (χ3v) is 3.07. The maximum atomic E-state index is 5.58. The summed E-state index contributed by atoms with van der Waals surface area (Å²) in [4.78, 5) is 2.30. The molecule has 4 heteroatoms. The first-order valence-corrected chi connectivity index (χ1v) is 7.25. The van der Waals surface area contributed by atoms with Crippen molar-refractivity contribution in [3.8, 4) is 0 Å². The number of furan rings is 1. The van der Waals surface area contributed by atoms with Crippen LogP contribution in [0.3, 0.4) is 0 Å². The molecule has 0 aliphatic heterocycles. The molecule has 0 aromatic carbocycles. The molecular weight excluding hydrogens is 252 g/mol. The first-order chi connectivity index (χ1) is 9.67. The summed E-state index contributed by atoms with van der Waals surface area (Å²) in [5, 5.41) is 3.42. The van der Waals surface area contributed by atoms with Gasteiger partial charge in [-0.3, -0.25) is 4.90 Å². The van der Waals surface area contributed by atoms with Gasteiger partial charge >= 0.3 is 0 Å². The minimum absolute atomic E-state index is 0.646. The Balaban J connectivity index is 2.52. The summed E-state index contributed by atoms with van der Waals surface area (Å²) in [7, 11) is 1.73. The molecule has 0 amide bonds. The molecule has 0 bridgehead atoms. The third kappa shape index (κ3) is 6.37. The molecule has 0 fully saturated rings. The Morgan fingerprint density at radius 1 is 1.50 bits per heavy atom. The summed E-state index contributed by atoms with van der Waals surface area (Å²) in [6.45, 7) is 13.3. The fourth-order valence-corrected chi connectivity index (χ4v) is 2.02. The van der Waals surface area contributed by atoms with E-state index in [1.165, 1.54) is 5.56 Å². The Labute approximate surface area is 122 Å². The highest BCUT2D eigenvalue weighted by Gasteiger charge is 2.11. The van der Waals surface area contributed by atoms with Crippen LogP contribution < -0.4 is 5.32 Å². The standard InChI is InChI=1S/C16H28N2O2/c1-5-7-18(8-10-19-4)13-15-6-9-20-16(15)12-17-11-14(2)3/h5-6,9,14,17H,1,7-8,10-13H2,2-4H3.